The molecule has 144 valence electrons. The Morgan fingerprint density at radius 3 is 2.71 bits per heavy atom. The number of carbonyl (C=O) groups excluding carboxylic acids is 1. The standard InChI is InChI=1S/C19H21N7OS/c1-5-13-19(27)25(4)14-9-22-16(24-17(14)26(13)11(2)3)12-8-20-10-23-15(12)18-21-6-7-28-18/h6-11,13H,5H2,1-4H3. The molecule has 0 fully saturated rings. The van der Waals surface area contributed by atoms with E-state index in [1.54, 1.807) is 30.5 Å². The average Bonchev–Trinajstić information content (AvgIpc) is 3.24. The molecule has 0 saturated heterocycles. The molecule has 1 aliphatic heterocycles. The molecule has 1 unspecified atom stereocenters. The van der Waals surface area contributed by atoms with E-state index in [2.05, 4.69) is 38.7 Å². The van der Waals surface area contributed by atoms with Crippen molar-refractivity contribution in [1.82, 2.24) is 24.9 Å². The summed E-state index contributed by atoms with van der Waals surface area (Å²) in [6, 6.07) is -0.125. The van der Waals surface area contributed by atoms with Crippen LogP contribution in [0.3, 0.4) is 0 Å². The van der Waals surface area contributed by atoms with E-state index in [-0.39, 0.29) is 18.0 Å². The molecule has 8 nitrogen and oxygen atoms in total. The van der Waals surface area contributed by atoms with Crippen LogP contribution in [-0.4, -0.2) is 50.0 Å². The highest BCUT2D eigenvalue weighted by Crippen LogP contribution is 2.38. The molecule has 1 amide bonds. The molecule has 0 radical (unpaired) electrons. The number of fused-ring (bicyclic) bond motifs is 1. The smallest absolute Gasteiger partial charge is 0.249 e. The molecule has 4 rings (SSSR count). The van der Waals surface area contributed by atoms with Crippen molar-refractivity contribution < 1.29 is 4.79 Å². The Morgan fingerprint density at radius 2 is 2.04 bits per heavy atom. The summed E-state index contributed by atoms with van der Waals surface area (Å²) in [4.78, 5) is 38.8. The molecule has 9 heteroatoms. The highest BCUT2D eigenvalue weighted by Gasteiger charge is 2.38. The van der Waals surface area contributed by atoms with Crippen LogP contribution in [0.1, 0.15) is 27.2 Å². The van der Waals surface area contributed by atoms with Gasteiger partial charge in [-0.25, -0.2) is 24.9 Å². The molecule has 3 aromatic rings. The van der Waals surface area contributed by atoms with Gasteiger partial charge in [-0.15, -0.1) is 11.3 Å². The molecule has 0 spiro atoms. The molecule has 0 aliphatic carbocycles. The third-order valence-electron chi connectivity index (χ3n) is 4.84. The lowest BCUT2D eigenvalue weighted by molar-refractivity contribution is -0.120. The molecule has 1 aliphatic rings. The van der Waals surface area contributed by atoms with E-state index in [0.29, 0.717) is 23.6 Å². The maximum absolute atomic E-state index is 12.8. The summed E-state index contributed by atoms with van der Waals surface area (Å²) in [5.41, 5.74) is 2.13. The lowest BCUT2D eigenvalue weighted by Gasteiger charge is -2.42. The summed E-state index contributed by atoms with van der Waals surface area (Å²) in [6.07, 6.45) is 7.36. The van der Waals surface area contributed by atoms with Gasteiger partial charge < -0.3 is 9.80 Å². The Labute approximate surface area is 167 Å². The van der Waals surface area contributed by atoms with Crippen LogP contribution in [-0.2, 0) is 4.79 Å². The summed E-state index contributed by atoms with van der Waals surface area (Å²) >= 11 is 1.50. The predicted octanol–water partition coefficient (Wildman–Crippen LogP) is 3.03. The summed E-state index contributed by atoms with van der Waals surface area (Å²) in [7, 11) is 1.77. The number of thiazole rings is 1. The van der Waals surface area contributed by atoms with Crippen LogP contribution in [0.5, 0.6) is 0 Å². The Hall–Kier alpha value is -2.94. The number of amides is 1. The number of likely N-dealkylation sites (N-methyl/N-ethyl adjacent to an activating group) is 1. The largest absolute Gasteiger partial charge is 0.340 e. The third kappa shape index (κ3) is 2.91. The van der Waals surface area contributed by atoms with E-state index in [4.69, 9.17) is 4.98 Å². The first-order chi connectivity index (χ1) is 13.5. The first-order valence-electron chi connectivity index (χ1n) is 9.16. The van der Waals surface area contributed by atoms with E-state index in [1.165, 1.54) is 17.7 Å². The Kier molecular flexibility index (Phi) is 4.76. The van der Waals surface area contributed by atoms with Crippen molar-refractivity contribution in [2.45, 2.75) is 39.3 Å². The van der Waals surface area contributed by atoms with Crippen LogP contribution in [0.2, 0.25) is 0 Å². The maximum Gasteiger partial charge on any atom is 0.249 e. The summed E-state index contributed by atoms with van der Waals surface area (Å²) in [5.74, 6) is 1.34. The van der Waals surface area contributed by atoms with Crippen LogP contribution in [0.15, 0.2) is 30.3 Å². The first kappa shape index (κ1) is 18.4. The second kappa shape index (κ2) is 7.23. The van der Waals surface area contributed by atoms with Crippen LogP contribution in [0.4, 0.5) is 11.5 Å². The molecular weight excluding hydrogens is 374 g/mol. The number of aromatic nitrogens is 5. The monoisotopic (exact) mass is 395 g/mol. The Bertz CT molecular complexity index is 1010. The van der Waals surface area contributed by atoms with Gasteiger partial charge in [-0.05, 0) is 20.3 Å². The SMILES string of the molecule is CCC1C(=O)N(C)c2cnc(-c3cncnc3-c3nccs3)nc2N1C(C)C. The van der Waals surface area contributed by atoms with E-state index in [1.807, 2.05) is 12.3 Å². The molecule has 4 heterocycles. The van der Waals surface area contributed by atoms with Crippen LogP contribution in [0, 0.1) is 0 Å². The third-order valence-corrected chi connectivity index (χ3v) is 5.62. The van der Waals surface area contributed by atoms with Gasteiger partial charge in [-0.3, -0.25) is 4.79 Å². The Balaban J connectivity index is 1.88. The zero-order chi connectivity index (χ0) is 19.8. The molecule has 0 aromatic carbocycles. The molecule has 3 aromatic heterocycles. The fourth-order valence-electron chi connectivity index (χ4n) is 3.51. The van der Waals surface area contributed by atoms with E-state index in [9.17, 15) is 4.79 Å². The highest BCUT2D eigenvalue weighted by molar-refractivity contribution is 7.13. The van der Waals surface area contributed by atoms with Crippen molar-refractivity contribution >= 4 is 28.7 Å². The minimum atomic E-state index is -0.245. The zero-order valence-electron chi connectivity index (χ0n) is 16.2. The van der Waals surface area contributed by atoms with E-state index in [0.717, 1.165) is 16.4 Å². The normalized spacial score (nSPS) is 16.6. The second-order valence-corrected chi connectivity index (χ2v) is 7.74. The lowest BCUT2D eigenvalue weighted by atomic mass is 10.1. The molecule has 28 heavy (non-hydrogen) atoms. The number of nitrogens with zero attached hydrogens (tertiary/aromatic N) is 7. The van der Waals surface area contributed by atoms with Crippen molar-refractivity contribution in [2.75, 3.05) is 16.8 Å². The van der Waals surface area contributed by atoms with Crippen LogP contribution >= 0.6 is 11.3 Å². The predicted molar refractivity (Wildman–Crippen MR) is 109 cm³/mol. The highest BCUT2D eigenvalue weighted by atomic mass is 32.1. The fraction of sp³-hybridized carbons (Fsp3) is 0.368. The lowest BCUT2D eigenvalue weighted by Crippen LogP contribution is -2.54. The summed E-state index contributed by atoms with van der Waals surface area (Å²) < 4.78 is 0. The zero-order valence-corrected chi connectivity index (χ0v) is 17.0. The van der Waals surface area contributed by atoms with Gasteiger partial charge in [0.15, 0.2) is 11.6 Å². The van der Waals surface area contributed by atoms with E-state index >= 15 is 0 Å². The molecular formula is C19H21N7OS. The van der Waals surface area contributed by atoms with Crippen molar-refractivity contribution in [1.29, 1.82) is 0 Å². The average molecular weight is 395 g/mol. The van der Waals surface area contributed by atoms with Crippen molar-refractivity contribution in [3.63, 3.8) is 0 Å². The minimum absolute atomic E-state index is 0.0616. The first-order valence-corrected chi connectivity index (χ1v) is 10.0. The fourth-order valence-corrected chi connectivity index (χ4v) is 4.16. The molecule has 0 saturated carbocycles. The van der Waals surface area contributed by atoms with Gasteiger partial charge in [-0.1, -0.05) is 6.92 Å². The van der Waals surface area contributed by atoms with Gasteiger partial charge in [0.1, 0.15) is 28.8 Å². The molecule has 0 N–H and O–H groups in total. The summed E-state index contributed by atoms with van der Waals surface area (Å²) in [5, 5.41) is 2.69. The van der Waals surface area contributed by atoms with Gasteiger partial charge in [0.05, 0.1) is 11.8 Å². The topological polar surface area (TPSA) is 88.0 Å². The number of hydrogen-bond acceptors (Lipinski definition) is 8. The van der Waals surface area contributed by atoms with Crippen molar-refractivity contribution in [3.05, 3.63) is 30.3 Å². The van der Waals surface area contributed by atoms with E-state index < -0.39 is 0 Å². The maximum atomic E-state index is 12.8. The van der Waals surface area contributed by atoms with Crippen LogP contribution in [0.25, 0.3) is 22.1 Å². The molecule has 0 bridgehead atoms. The van der Waals surface area contributed by atoms with Gasteiger partial charge in [0, 0.05) is 30.9 Å². The number of anilines is 2. The van der Waals surface area contributed by atoms with Gasteiger partial charge in [0.2, 0.25) is 5.91 Å². The number of rotatable bonds is 4. The molecule has 1 atom stereocenters. The van der Waals surface area contributed by atoms with Gasteiger partial charge in [-0.2, -0.15) is 0 Å². The number of hydrogen-bond donors (Lipinski definition) is 0. The van der Waals surface area contributed by atoms with Crippen molar-refractivity contribution in [3.8, 4) is 22.1 Å². The Morgan fingerprint density at radius 1 is 1.21 bits per heavy atom. The van der Waals surface area contributed by atoms with Gasteiger partial charge >= 0.3 is 0 Å². The van der Waals surface area contributed by atoms with Gasteiger partial charge in [0.25, 0.3) is 0 Å². The minimum Gasteiger partial charge on any atom is -0.340 e. The van der Waals surface area contributed by atoms with Crippen molar-refractivity contribution in [2.24, 2.45) is 0 Å². The summed E-state index contributed by atoms with van der Waals surface area (Å²) in [6.45, 7) is 6.16. The van der Waals surface area contributed by atoms with Crippen LogP contribution < -0.4 is 9.80 Å². The number of carbonyl (C=O) groups is 1. The quantitative estimate of drug-likeness (QED) is 0.671. The second-order valence-electron chi connectivity index (χ2n) is 6.85.